The molecular formula is C51H34O. The zero-order valence-corrected chi connectivity index (χ0v) is 29.1. The summed E-state index contributed by atoms with van der Waals surface area (Å²) in [5, 5.41) is 9.88. The van der Waals surface area contributed by atoms with Gasteiger partial charge in [-0.3, -0.25) is 0 Å². The Morgan fingerprint density at radius 3 is 1.48 bits per heavy atom. The number of rotatable bonds is 3. The first-order chi connectivity index (χ1) is 25.5. The molecule has 0 saturated heterocycles. The van der Waals surface area contributed by atoms with Gasteiger partial charge in [0.1, 0.15) is 11.2 Å². The third-order valence-electron chi connectivity index (χ3n) is 11.6. The molecule has 1 aliphatic rings. The summed E-state index contributed by atoms with van der Waals surface area (Å²) in [4.78, 5) is 0. The average molecular weight is 663 g/mol. The zero-order chi connectivity index (χ0) is 34.6. The summed E-state index contributed by atoms with van der Waals surface area (Å²) in [6.45, 7) is 4.71. The van der Waals surface area contributed by atoms with Gasteiger partial charge in [-0.25, -0.2) is 0 Å². The Morgan fingerprint density at radius 2 is 0.827 bits per heavy atom. The highest BCUT2D eigenvalue weighted by Gasteiger charge is 2.35. The Labute approximate surface area is 302 Å². The quantitative estimate of drug-likeness (QED) is 0.172. The van der Waals surface area contributed by atoms with Gasteiger partial charge in [-0.15, -0.1) is 0 Å². The molecule has 9 aromatic carbocycles. The van der Waals surface area contributed by atoms with E-state index in [0.717, 1.165) is 21.9 Å². The van der Waals surface area contributed by atoms with Crippen molar-refractivity contribution < 1.29 is 4.42 Å². The molecule has 0 amide bonds. The lowest BCUT2D eigenvalue weighted by atomic mass is 9.81. The molecule has 0 saturated carbocycles. The van der Waals surface area contributed by atoms with Crippen LogP contribution in [0.25, 0.3) is 98.8 Å². The maximum atomic E-state index is 6.47. The molecule has 52 heavy (non-hydrogen) atoms. The second kappa shape index (κ2) is 10.8. The van der Waals surface area contributed by atoms with Crippen molar-refractivity contribution in [1.29, 1.82) is 0 Å². The third kappa shape index (κ3) is 4.17. The lowest BCUT2D eigenvalue weighted by molar-refractivity contribution is 0.661. The van der Waals surface area contributed by atoms with Crippen LogP contribution in [-0.4, -0.2) is 0 Å². The standard InChI is InChI=1S/C51H34O/c1-51(2)45-23-20-34(27-41(45)42-26-32-14-6-7-15-33(32)30-46(42)51)35-21-24-47-43(28-35)44-29-36(22-25-48(44)52-47)50-39-18-10-8-16-37(39)49(31-12-4-3-5-13-31)38-17-9-11-19-40(38)50/h3-30H,1-2H3. The first-order valence-corrected chi connectivity index (χ1v) is 18.2. The van der Waals surface area contributed by atoms with Crippen molar-refractivity contribution in [2.24, 2.45) is 0 Å². The Hall–Kier alpha value is -6.44. The third-order valence-corrected chi connectivity index (χ3v) is 11.6. The number of furan rings is 1. The van der Waals surface area contributed by atoms with Gasteiger partial charge in [0.2, 0.25) is 0 Å². The highest BCUT2D eigenvalue weighted by molar-refractivity contribution is 6.22. The second-order valence-corrected chi connectivity index (χ2v) is 14.9. The van der Waals surface area contributed by atoms with E-state index in [1.807, 2.05) is 0 Å². The molecule has 0 spiro atoms. The highest BCUT2D eigenvalue weighted by atomic mass is 16.3. The molecule has 10 aromatic rings. The minimum atomic E-state index is -0.0536. The fourth-order valence-electron chi connectivity index (χ4n) is 9.08. The van der Waals surface area contributed by atoms with Gasteiger partial charge in [-0.1, -0.05) is 141 Å². The predicted molar refractivity (Wildman–Crippen MR) is 220 cm³/mol. The van der Waals surface area contributed by atoms with Crippen LogP contribution >= 0.6 is 0 Å². The number of fused-ring (bicyclic) bond motifs is 9. The van der Waals surface area contributed by atoms with Crippen molar-refractivity contribution in [3.63, 3.8) is 0 Å². The Kier molecular flexibility index (Phi) is 6.08. The summed E-state index contributed by atoms with van der Waals surface area (Å²) >= 11 is 0. The van der Waals surface area contributed by atoms with Crippen LogP contribution in [0.5, 0.6) is 0 Å². The van der Waals surface area contributed by atoms with Crippen molar-refractivity contribution >= 4 is 54.3 Å². The molecule has 0 fully saturated rings. The Bertz CT molecular complexity index is 3030. The van der Waals surface area contributed by atoms with E-state index in [4.69, 9.17) is 4.42 Å². The molecule has 11 rings (SSSR count). The predicted octanol–water partition coefficient (Wildman–Crippen LogP) is 14.4. The molecule has 1 nitrogen and oxygen atoms in total. The normalized spacial score (nSPS) is 13.3. The maximum absolute atomic E-state index is 6.47. The van der Waals surface area contributed by atoms with E-state index in [-0.39, 0.29) is 5.41 Å². The highest BCUT2D eigenvalue weighted by Crippen LogP contribution is 2.51. The zero-order valence-electron chi connectivity index (χ0n) is 29.1. The fraction of sp³-hybridized carbons (Fsp3) is 0.0588. The molecule has 1 aliphatic carbocycles. The molecule has 0 radical (unpaired) electrons. The molecular weight excluding hydrogens is 629 g/mol. The van der Waals surface area contributed by atoms with Gasteiger partial charge in [0.15, 0.2) is 0 Å². The van der Waals surface area contributed by atoms with Crippen LogP contribution in [0.3, 0.4) is 0 Å². The smallest absolute Gasteiger partial charge is 0.135 e. The van der Waals surface area contributed by atoms with Crippen molar-refractivity contribution in [2.75, 3.05) is 0 Å². The number of benzene rings is 9. The summed E-state index contributed by atoms with van der Waals surface area (Å²) in [6.07, 6.45) is 0. The fourth-order valence-corrected chi connectivity index (χ4v) is 9.08. The summed E-state index contributed by atoms with van der Waals surface area (Å²) in [5.74, 6) is 0. The van der Waals surface area contributed by atoms with Crippen LogP contribution in [0.1, 0.15) is 25.0 Å². The van der Waals surface area contributed by atoms with E-state index in [1.54, 1.807) is 0 Å². The molecule has 1 heterocycles. The van der Waals surface area contributed by atoms with Gasteiger partial charge in [0, 0.05) is 16.2 Å². The minimum absolute atomic E-state index is 0.0536. The van der Waals surface area contributed by atoms with Gasteiger partial charge in [0.05, 0.1) is 0 Å². The monoisotopic (exact) mass is 662 g/mol. The van der Waals surface area contributed by atoms with E-state index in [0.29, 0.717) is 0 Å². The van der Waals surface area contributed by atoms with Crippen LogP contribution in [0.15, 0.2) is 174 Å². The van der Waals surface area contributed by atoms with Crippen molar-refractivity contribution in [3.8, 4) is 44.5 Å². The van der Waals surface area contributed by atoms with Crippen LogP contribution in [0.2, 0.25) is 0 Å². The largest absolute Gasteiger partial charge is 0.456 e. The second-order valence-electron chi connectivity index (χ2n) is 14.9. The molecule has 0 bridgehead atoms. The summed E-state index contributed by atoms with van der Waals surface area (Å²) in [5.41, 5.74) is 14.6. The van der Waals surface area contributed by atoms with Gasteiger partial charge in [-0.2, -0.15) is 0 Å². The van der Waals surface area contributed by atoms with Gasteiger partial charge >= 0.3 is 0 Å². The van der Waals surface area contributed by atoms with Crippen LogP contribution in [0.4, 0.5) is 0 Å². The minimum Gasteiger partial charge on any atom is -0.456 e. The van der Waals surface area contributed by atoms with E-state index in [9.17, 15) is 0 Å². The number of hydrogen-bond acceptors (Lipinski definition) is 1. The van der Waals surface area contributed by atoms with Crippen molar-refractivity contribution in [1.82, 2.24) is 0 Å². The molecule has 1 heteroatoms. The lowest BCUT2D eigenvalue weighted by Crippen LogP contribution is -2.14. The average Bonchev–Trinajstić information content (AvgIpc) is 3.66. The first-order valence-electron chi connectivity index (χ1n) is 18.2. The van der Waals surface area contributed by atoms with E-state index >= 15 is 0 Å². The van der Waals surface area contributed by atoms with Crippen molar-refractivity contribution in [2.45, 2.75) is 19.3 Å². The SMILES string of the molecule is CC1(C)c2ccc(-c3ccc4oc5ccc(-c6c7ccccc7c(-c7ccccc7)c7ccccc67)cc5c4c3)cc2-c2cc3ccccc3cc21. The molecule has 1 aromatic heterocycles. The van der Waals surface area contributed by atoms with E-state index < -0.39 is 0 Å². The lowest BCUT2D eigenvalue weighted by Gasteiger charge is -2.22. The molecule has 0 aliphatic heterocycles. The summed E-state index contributed by atoms with van der Waals surface area (Å²) in [6, 6.07) is 62.4. The number of hydrogen-bond donors (Lipinski definition) is 0. The summed E-state index contributed by atoms with van der Waals surface area (Å²) in [7, 11) is 0. The molecule has 0 unspecified atom stereocenters. The first kappa shape index (κ1) is 29.3. The Balaban J connectivity index is 1.09. The van der Waals surface area contributed by atoms with E-state index in [1.165, 1.54) is 88.0 Å². The molecule has 0 N–H and O–H groups in total. The van der Waals surface area contributed by atoms with Crippen molar-refractivity contribution in [3.05, 3.63) is 181 Å². The van der Waals surface area contributed by atoms with Gasteiger partial charge < -0.3 is 4.42 Å². The molecule has 244 valence electrons. The maximum Gasteiger partial charge on any atom is 0.135 e. The van der Waals surface area contributed by atoms with Gasteiger partial charge in [0.25, 0.3) is 0 Å². The topological polar surface area (TPSA) is 13.1 Å². The van der Waals surface area contributed by atoms with Crippen LogP contribution < -0.4 is 0 Å². The van der Waals surface area contributed by atoms with Gasteiger partial charge in [-0.05, 0) is 130 Å². The Morgan fingerprint density at radius 1 is 0.346 bits per heavy atom. The summed E-state index contributed by atoms with van der Waals surface area (Å²) < 4.78 is 6.47. The van der Waals surface area contributed by atoms with E-state index in [2.05, 4.69) is 184 Å². The van der Waals surface area contributed by atoms with Crippen LogP contribution in [0, 0.1) is 0 Å². The molecule has 0 atom stereocenters. The van der Waals surface area contributed by atoms with Crippen LogP contribution in [-0.2, 0) is 5.41 Å².